The average molecular weight is 478 g/mol. The summed E-state index contributed by atoms with van der Waals surface area (Å²) >= 11 is 3.44. The first kappa shape index (κ1) is 18.5. The highest BCUT2D eigenvalue weighted by atomic mass is 127. The molecule has 5 nitrogen and oxygen atoms in total. The molecule has 1 N–H and O–H groups in total. The van der Waals surface area contributed by atoms with Crippen LogP contribution in [0.5, 0.6) is 0 Å². The first-order valence-electron chi connectivity index (χ1n) is 7.76. The summed E-state index contributed by atoms with van der Waals surface area (Å²) in [5, 5.41) is 4.99. The van der Waals surface area contributed by atoms with Crippen molar-refractivity contribution in [3.63, 3.8) is 0 Å². The lowest BCUT2D eigenvalue weighted by atomic mass is 10.1. The third-order valence-corrected chi connectivity index (χ3v) is 4.92. The summed E-state index contributed by atoms with van der Waals surface area (Å²) in [5.41, 5.74) is 3.37. The number of benzene rings is 2. The van der Waals surface area contributed by atoms with Gasteiger partial charge in [0.1, 0.15) is 0 Å². The summed E-state index contributed by atoms with van der Waals surface area (Å²) in [5.74, 6) is -0.952. The number of nitrogens with zero attached hydrogens (tertiary/aromatic N) is 1. The van der Waals surface area contributed by atoms with E-state index in [0.717, 1.165) is 14.8 Å². The lowest BCUT2D eigenvalue weighted by Crippen LogP contribution is -2.20. The SMILES string of the molecule is Cc1ccc(-c2csc(NC(=O)COC(=O)c3cccc(I)c3)n2)cc1. The average Bonchev–Trinajstić information content (AvgIpc) is 3.08. The monoisotopic (exact) mass is 478 g/mol. The van der Waals surface area contributed by atoms with Gasteiger partial charge in [0.25, 0.3) is 5.91 Å². The van der Waals surface area contributed by atoms with Gasteiger partial charge in [0.15, 0.2) is 11.7 Å². The number of esters is 1. The van der Waals surface area contributed by atoms with E-state index in [1.165, 1.54) is 16.9 Å². The van der Waals surface area contributed by atoms with E-state index in [0.29, 0.717) is 10.7 Å². The van der Waals surface area contributed by atoms with Crippen LogP contribution in [0.3, 0.4) is 0 Å². The molecule has 3 rings (SSSR count). The third kappa shape index (κ3) is 4.89. The molecule has 0 aliphatic heterocycles. The second kappa shape index (κ2) is 8.41. The molecule has 0 saturated heterocycles. The fraction of sp³-hybridized carbons (Fsp3) is 0.105. The lowest BCUT2D eigenvalue weighted by Gasteiger charge is -2.05. The van der Waals surface area contributed by atoms with E-state index >= 15 is 0 Å². The number of rotatable bonds is 5. The Labute approximate surface area is 168 Å². The topological polar surface area (TPSA) is 68.3 Å². The van der Waals surface area contributed by atoms with E-state index < -0.39 is 11.9 Å². The molecule has 0 spiro atoms. The van der Waals surface area contributed by atoms with E-state index in [4.69, 9.17) is 4.74 Å². The molecular weight excluding hydrogens is 463 g/mol. The summed E-state index contributed by atoms with van der Waals surface area (Å²) < 4.78 is 5.97. The van der Waals surface area contributed by atoms with Crippen molar-refractivity contribution in [2.45, 2.75) is 6.92 Å². The zero-order valence-electron chi connectivity index (χ0n) is 13.9. The number of hydrogen-bond acceptors (Lipinski definition) is 5. The molecule has 3 aromatic rings. The Morgan fingerprint density at radius 1 is 1.19 bits per heavy atom. The number of nitrogens with one attached hydrogen (secondary N) is 1. The van der Waals surface area contributed by atoms with Crippen molar-refractivity contribution >= 4 is 50.9 Å². The first-order valence-corrected chi connectivity index (χ1v) is 9.72. The normalized spacial score (nSPS) is 10.4. The van der Waals surface area contributed by atoms with Gasteiger partial charge in [-0.3, -0.25) is 10.1 Å². The number of aryl methyl sites for hydroxylation is 1. The quantitative estimate of drug-likeness (QED) is 0.433. The number of anilines is 1. The van der Waals surface area contributed by atoms with Crippen molar-refractivity contribution in [1.29, 1.82) is 0 Å². The summed E-state index contributed by atoms with van der Waals surface area (Å²) in [6, 6.07) is 15.0. The van der Waals surface area contributed by atoms with Gasteiger partial charge in [-0.1, -0.05) is 35.9 Å². The molecule has 7 heteroatoms. The molecule has 0 aliphatic rings. The van der Waals surface area contributed by atoms with Crippen molar-refractivity contribution in [2.75, 3.05) is 11.9 Å². The molecule has 0 aliphatic carbocycles. The number of amides is 1. The standard InChI is InChI=1S/C19H15IN2O3S/c1-12-5-7-13(8-6-12)16-11-26-19(21-16)22-17(23)10-25-18(24)14-3-2-4-15(20)9-14/h2-9,11H,10H2,1H3,(H,21,22,23). The maximum absolute atomic E-state index is 12.0. The third-order valence-electron chi connectivity index (χ3n) is 3.49. The van der Waals surface area contributed by atoms with Gasteiger partial charge in [-0.05, 0) is 47.7 Å². The Morgan fingerprint density at radius 2 is 1.96 bits per heavy atom. The van der Waals surface area contributed by atoms with Crippen molar-refractivity contribution in [2.24, 2.45) is 0 Å². The highest BCUT2D eigenvalue weighted by Gasteiger charge is 2.12. The van der Waals surface area contributed by atoms with Gasteiger partial charge in [0.2, 0.25) is 0 Å². The maximum atomic E-state index is 12.0. The second-order valence-electron chi connectivity index (χ2n) is 5.54. The molecule has 0 saturated carbocycles. The molecule has 0 unspecified atom stereocenters. The predicted molar refractivity (Wildman–Crippen MR) is 110 cm³/mol. The van der Waals surface area contributed by atoms with E-state index in [1.54, 1.807) is 18.2 Å². The number of carbonyl (C=O) groups excluding carboxylic acids is 2. The fourth-order valence-electron chi connectivity index (χ4n) is 2.17. The number of halogens is 1. The van der Waals surface area contributed by atoms with Crippen LogP contribution in [0.1, 0.15) is 15.9 Å². The van der Waals surface area contributed by atoms with Crippen LogP contribution in [-0.4, -0.2) is 23.5 Å². The molecule has 1 aromatic heterocycles. The van der Waals surface area contributed by atoms with Gasteiger partial charge in [0.05, 0.1) is 11.3 Å². The molecular formula is C19H15IN2O3S. The minimum Gasteiger partial charge on any atom is -0.452 e. The van der Waals surface area contributed by atoms with Crippen LogP contribution in [0.4, 0.5) is 5.13 Å². The Hall–Kier alpha value is -2.26. The molecule has 0 fully saturated rings. The number of aromatic nitrogens is 1. The van der Waals surface area contributed by atoms with Gasteiger partial charge in [-0.15, -0.1) is 11.3 Å². The summed E-state index contributed by atoms with van der Waals surface area (Å²) in [7, 11) is 0. The fourth-order valence-corrected chi connectivity index (χ4v) is 3.45. The molecule has 2 aromatic carbocycles. The Bertz CT molecular complexity index is 938. The van der Waals surface area contributed by atoms with E-state index in [9.17, 15) is 9.59 Å². The molecule has 0 radical (unpaired) electrons. The maximum Gasteiger partial charge on any atom is 0.338 e. The van der Waals surface area contributed by atoms with Gasteiger partial charge in [0, 0.05) is 14.5 Å². The lowest BCUT2D eigenvalue weighted by molar-refractivity contribution is -0.119. The largest absolute Gasteiger partial charge is 0.452 e. The van der Waals surface area contributed by atoms with Crippen LogP contribution in [0, 0.1) is 10.5 Å². The van der Waals surface area contributed by atoms with Crippen LogP contribution < -0.4 is 5.32 Å². The Morgan fingerprint density at radius 3 is 2.69 bits per heavy atom. The van der Waals surface area contributed by atoms with Crippen LogP contribution in [-0.2, 0) is 9.53 Å². The van der Waals surface area contributed by atoms with Crippen LogP contribution >= 0.6 is 33.9 Å². The van der Waals surface area contributed by atoms with Gasteiger partial charge in [-0.25, -0.2) is 9.78 Å². The van der Waals surface area contributed by atoms with Crippen molar-refractivity contribution in [1.82, 2.24) is 4.98 Å². The highest BCUT2D eigenvalue weighted by Crippen LogP contribution is 2.25. The van der Waals surface area contributed by atoms with Gasteiger partial charge in [-0.2, -0.15) is 0 Å². The number of carbonyl (C=O) groups is 2. The minimum atomic E-state index is -0.529. The number of hydrogen-bond donors (Lipinski definition) is 1. The minimum absolute atomic E-state index is 0.357. The van der Waals surface area contributed by atoms with E-state index in [2.05, 4.69) is 32.9 Å². The van der Waals surface area contributed by atoms with Crippen molar-refractivity contribution in [3.8, 4) is 11.3 Å². The first-order chi connectivity index (χ1) is 12.5. The molecule has 0 bridgehead atoms. The number of thiazole rings is 1. The zero-order chi connectivity index (χ0) is 18.5. The van der Waals surface area contributed by atoms with Crippen LogP contribution in [0.25, 0.3) is 11.3 Å². The van der Waals surface area contributed by atoms with E-state index in [-0.39, 0.29) is 6.61 Å². The van der Waals surface area contributed by atoms with Crippen LogP contribution in [0.15, 0.2) is 53.9 Å². The van der Waals surface area contributed by atoms with Crippen molar-refractivity contribution < 1.29 is 14.3 Å². The molecule has 132 valence electrons. The summed E-state index contributed by atoms with van der Waals surface area (Å²) in [6.07, 6.45) is 0. The van der Waals surface area contributed by atoms with E-state index in [1.807, 2.05) is 42.6 Å². The second-order valence-corrected chi connectivity index (χ2v) is 7.64. The molecule has 0 atom stereocenters. The Kier molecular flexibility index (Phi) is 6.00. The van der Waals surface area contributed by atoms with Crippen molar-refractivity contribution in [3.05, 3.63) is 68.6 Å². The summed E-state index contributed by atoms with van der Waals surface area (Å²) in [4.78, 5) is 28.3. The number of ether oxygens (including phenoxy) is 1. The zero-order valence-corrected chi connectivity index (χ0v) is 16.8. The predicted octanol–water partition coefficient (Wildman–Crippen LogP) is 4.52. The smallest absolute Gasteiger partial charge is 0.338 e. The molecule has 26 heavy (non-hydrogen) atoms. The Balaban J connectivity index is 1.55. The van der Waals surface area contributed by atoms with Gasteiger partial charge < -0.3 is 4.74 Å². The molecule has 1 heterocycles. The van der Waals surface area contributed by atoms with Crippen LogP contribution in [0.2, 0.25) is 0 Å². The van der Waals surface area contributed by atoms with Gasteiger partial charge >= 0.3 is 5.97 Å². The molecule has 1 amide bonds. The summed E-state index contributed by atoms with van der Waals surface area (Å²) in [6.45, 7) is 1.66. The highest BCUT2D eigenvalue weighted by molar-refractivity contribution is 14.1.